The summed E-state index contributed by atoms with van der Waals surface area (Å²) in [5.74, 6) is 0.317. The van der Waals surface area contributed by atoms with Crippen molar-refractivity contribution in [2.75, 3.05) is 0 Å². The summed E-state index contributed by atoms with van der Waals surface area (Å²) in [7, 11) is 0. The fraction of sp³-hybridized carbons (Fsp3) is 0.571. The largest absolute Gasteiger partial charge is 0.390 e. The van der Waals surface area contributed by atoms with Crippen LogP contribution in [-0.4, -0.2) is 22.9 Å². The predicted molar refractivity (Wildman–Crippen MR) is 67.8 cm³/mol. The molecule has 2 nitrogen and oxygen atoms in total. The van der Waals surface area contributed by atoms with Crippen LogP contribution in [0.3, 0.4) is 0 Å². The minimum Gasteiger partial charge on any atom is -0.390 e. The van der Waals surface area contributed by atoms with Gasteiger partial charge in [0.05, 0.1) is 12.2 Å². The summed E-state index contributed by atoms with van der Waals surface area (Å²) in [6.07, 6.45) is 10.7. The number of ether oxygens (including phenoxy) is 1. The van der Waals surface area contributed by atoms with Crippen molar-refractivity contribution in [3.8, 4) is 0 Å². The molecule has 2 aliphatic carbocycles. The Kier molecular flexibility index (Phi) is 2.69. The highest BCUT2D eigenvalue weighted by atomic mass is 35.5. The van der Waals surface area contributed by atoms with Crippen molar-refractivity contribution in [3.63, 3.8) is 0 Å². The van der Waals surface area contributed by atoms with Gasteiger partial charge in [-0.25, -0.2) is 0 Å². The minimum absolute atomic E-state index is 0.203. The minimum atomic E-state index is -0.371. The van der Waals surface area contributed by atoms with E-state index in [2.05, 4.69) is 18.2 Å². The van der Waals surface area contributed by atoms with E-state index in [1.165, 1.54) is 0 Å². The molecule has 1 saturated carbocycles. The van der Waals surface area contributed by atoms with Crippen molar-refractivity contribution >= 4 is 11.6 Å². The smallest absolute Gasteiger partial charge is 0.118 e. The normalized spacial score (nSPS) is 44.5. The molecule has 1 N–H and O–H groups in total. The number of aliphatic hydroxyl groups is 1. The maximum absolute atomic E-state index is 10.1. The number of halogens is 1. The highest BCUT2D eigenvalue weighted by Gasteiger charge is 2.61. The summed E-state index contributed by atoms with van der Waals surface area (Å²) in [5.41, 5.74) is 0.866. The molecule has 4 unspecified atom stereocenters. The Morgan fingerprint density at radius 3 is 2.88 bits per heavy atom. The number of aliphatic hydroxyl groups excluding tert-OH is 1. The maximum Gasteiger partial charge on any atom is 0.118 e. The van der Waals surface area contributed by atoms with Crippen LogP contribution in [0.5, 0.6) is 0 Å². The molecule has 4 atom stereocenters. The lowest BCUT2D eigenvalue weighted by Gasteiger charge is -2.28. The molecule has 2 fully saturated rings. The monoisotopic (exact) mass is 252 g/mol. The number of hydrogen-bond acceptors (Lipinski definition) is 2. The lowest BCUT2D eigenvalue weighted by Crippen LogP contribution is -2.36. The number of fused-ring (bicyclic) bond motifs is 1. The van der Waals surface area contributed by atoms with Crippen LogP contribution >= 0.6 is 11.6 Å². The third-order valence-electron chi connectivity index (χ3n) is 4.20. The summed E-state index contributed by atoms with van der Waals surface area (Å²) >= 11 is 6.28. The highest BCUT2D eigenvalue weighted by Crippen LogP contribution is 2.51. The fourth-order valence-electron chi connectivity index (χ4n) is 2.91. The van der Waals surface area contributed by atoms with Gasteiger partial charge < -0.3 is 9.84 Å². The standard InChI is InChI=1S/C14H17ClO2/c1-14-12(16)7-9(8-13(14)17-14)10-5-3-2-4-6-11(10)15/h3-6,9,12-13,16H,2,7-8H2,1H3. The third kappa shape index (κ3) is 1.88. The van der Waals surface area contributed by atoms with Crippen LogP contribution in [0, 0.1) is 5.92 Å². The van der Waals surface area contributed by atoms with Crippen molar-refractivity contribution in [1.82, 2.24) is 0 Å². The van der Waals surface area contributed by atoms with Gasteiger partial charge in [0.15, 0.2) is 0 Å². The molecule has 17 heavy (non-hydrogen) atoms. The van der Waals surface area contributed by atoms with E-state index in [0.717, 1.165) is 29.9 Å². The Morgan fingerprint density at radius 2 is 2.12 bits per heavy atom. The molecular weight excluding hydrogens is 236 g/mol. The Labute approximate surface area is 107 Å². The molecule has 3 rings (SSSR count). The number of epoxide rings is 1. The zero-order valence-electron chi connectivity index (χ0n) is 9.90. The van der Waals surface area contributed by atoms with Crippen molar-refractivity contribution < 1.29 is 9.84 Å². The molecule has 0 bridgehead atoms. The van der Waals surface area contributed by atoms with E-state index < -0.39 is 0 Å². The molecule has 1 saturated heterocycles. The summed E-state index contributed by atoms with van der Waals surface area (Å²) in [6.45, 7) is 2.00. The molecular formula is C14H17ClO2. The number of allylic oxidation sites excluding steroid dienone is 6. The maximum atomic E-state index is 10.1. The molecule has 0 aromatic rings. The molecule has 0 aromatic carbocycles. The predicted octanol–water partition coefficient (Wildman–Crippen LogP) is 2.92. The fourth-order valence-corrected chi connectivity index (χ4v) is 3.22. The second-order valence-electron chi connectivity index (χ2n) is 5.32. The van der Waals surface area contributed by atoms with Gasteiger partial charge in [0.1, 0.15) is 5.60 Å². The van der Waals surface area contributed by atoms with Crippen LogP contribution in [0.1, 0.15) is 26.2 Å². The van der Waals surface area contributed by atoms with Crippen LogP contribution in [0.2, 0.25) is 0 Å². The van der Waals surface area contributed by atoms with Crippen LogP contribution < -0.4 is 0 Å². The average Bonchev–Trinajstić information content (AvgIpc) is 2.99. The second-order valence-corrected chi connectivity index (χ2v) is 5.73. The summed E-state index contributed by atoms with van der Waals surface area (Å²) in [6, 6.07) is 0. The zero-order chi connectivity index (χ0) is 12.0. The van der Waals surface area contributed by atoms with E-state index in [4.69, 9.17) is 16.3 Å². The van der Waals surface area contributed by atoms with Crippen LogP contribution in [0.4, 0.5) is 0 Å². The van der Waals surface area contributed by atoms with Crippen LogP contribution in [0.25, 0.3) is 0 Å². The Morgan fingerprint density at radius 1 is 1.35 bits per heavy atom. The molecule has 0 radical (unpaired) electrons. The summed E-state index contributed by atoms with van der Waals surface area (Å²) in [5, 5.41) is 10.9. The Balaban J connectivity index is 1.84. The van der Waals surface area contributed by atoms with E-state index >= 15 is 0 Å². The average molecular weight is 253 g/mol. The van der Waals surface area contributed by atoms with Crippen molar-refractivity contribution in [3.05, 3.63) is 34.9 Å². The number of rotatable bonds is 1. The van der Waals surface area contributed by atoms with E-state index in [1.54, 1.807) is 0 Å². The lowest BCUT2D eigenvalue weighted by atomic mass is 9.77. The van der Waals surface area contributed by atoms with Crippen LogP contribution in [-0.2, 0) is 4.74 Å². The lowest BCUT2D eigenvalue weighted by molar-refractivity contribution is 0.0645. The van der Waals surface area contributed by atoms with Gasteiger partial charge >= 0.3 is 0 Å². The summed E-state index contributed by atoms with van der Waals surface area (Å²) < 4.78 is 5.61. The first kappa shape index (κ1) is 11.5. The zero-order valence-corrected chi connectivity index (χ0v) is 10.7. The van der Waals surface area contributed by atoms with Gasteiger partial charge in [0.2, 0.25) is 0 Å². The van der Waals surface area contributed by atoms with Crippen molar-refractivity contribution in [2.45, 2.75) is 44.0 Å². The topological polar surface area (TPSA) is 32.8 Å². The summed E-state index contributed by atoms with van der Waals surface area (Å²) in [4.78, 5) is 0. The van der Waals surface area contributed by atoms with Gasteiger partial charge in [0, 0.05) is 5.03 Å². The second kappa shape index (κ2) is 3.98. The molecule has 3 aliphatic rings. The Hall–Kier alpha value is -0.570. The SMILES string of the molecule is CC12OC1CC(C1=C(Cl)C=CCC=C1)CC2O. The third-order valence-corrected chi connectivity index (χ3v) is 4.54. The first-order valence-electron chi connectivity index (χ1n) is 6.20. The van der Waals surface area contributed by atoms with Gasteiger partial charge in [-0.2, -0.15) is 0 Å². The van der Waals surface area contributed by atoms with Crippen LogP contribution in [0.15, 0.2) is 34.9 Å². The van der Waals surface area contributed by atoms with Gasteiger partial charge in [-0.3, -0.25) is 0 Å². The van der Waals surface area contributed by atoms with Gasteiger partial charge in [-0.15, -0.1) is 0 Å². The number of hydrogen-bond donors (Lipinski definition) is 1. The van der Waals surface area contributed by atoms with Gasteiger partial charge in [0.25, 0.3) is 0 Å². The molecule has 1 aliphatic heterocycles. The van der Waals surface area contributed by atoms with Gasteiger partial charge in [-0.05, 0) is 43.8 Å². The molecule has 92 valence electrons. The highest BCUT2D eigenvalue weighted by molar-refractivity contribution is 6.31. The van der Waals surface area contributed by atoms with E-state index in [9.17, 15) is 5.11 Å². The van der Waals surface area contributed by atoms with Crippen molar-refractivity contribution in [2.24, 2.45) is 5.92 Å². The molecule has 0 spiro atoms. The molecule has 3 heteroatoms. The molecule has 0 aromatic heterocycles. The quantitative estimate of drug-likeness (QED) is 0.728. The van der Waals surface area contributed by atoms with E-state index in [0.29, 0.717) is 5.92 Å². The Bertz CT molecular complexity index is 424. The molecule has 0 amide bonds. The van der Waals surface area contributed by atoms with Crippen molar-refractivity contribution in [1.29, 1.82) is 0 Å². The van der Waals surface area contributed by atoms with E-state index in [1.807, 2.05) is 13.0 Å². The van der Waals surface area contributed by atoms with E-state index in [-0.39, 0.29) is 17.8 Å². The van der Waals surface area contributed by atoms with Gasteiger partial charge in [-0.1, -0.05) is 29.8 Å². The first-order chi connectivity index (χ1) is 8.11. The molecule has 1 heterocycles. The first-order valence-corrected chi connectivity index (χ1v) is 6.57.